The maximum absolute atomic E-state index is 6.18. The maximum Gasteiger partial charge on any atom is 0.00504 e. The van der Waals surface area contributed by atoms with Gasteiger partial charge in [0.05, 0.1) is 0 Å². The van der Waals surface area contributed by atoms with Crippen molar-refractivity contribution in [3.63, 3.8) is 0 Å². The Hall–Kier alpha value is -0.0800. The van der Waals surface area contributed by atoms with Crippen LogP contribution >= 0.6 is 0 Å². The summed E-state index contributed by atoms with van der Waals surface area (Å²) in [5.74, 6) is 2.35. The van der Waals surface area contributed by atoms with E-state index in [-0.39, 0.29) is 0 Å². The lowest BCUT2D eigenvalue weighted by Gasteiger charge is -2.43. The first-order valence-electron chi connectivity index (χ1n) is 8.29. The van der Waals surface area contributed by atoms with Crippen LogP contribution in [0.15, 0.2) is 0 Å². The van der Waals surface area contributed by atoms with Crippen molar-refractivity contribution >= 4 is 0 Å². The highest BCUT2D eigenvalue weighted by molar-refractivity contribution is 4.89. The molecule has 0 aromatic rings. The van der Waals surface area contributed by atoms with Crippen LogP contribution < -0.4 is 5.73 Å². The SMILES string of the molecule is CC(C)CN(CC(C)C)CC1(CN)CCCC(C)C1. The maximum atomic E-state index is 6.18. The van der Waals surface area contributed by atoms with Crippen molar-refractivity contribution in [3.8, 4) is 0 Å². The van der Waals surface area contributed by atoms with Crippen molar-refractivity contribution in [1.82, 2.24) is 4.90 Å². The largest absolute Gasteiger partial charge is 0.330 e. The standard InChI is InChI=1S/C17H36N2/c1-14(2)10-19(11-15(3)4)13-17(12-18)8-6-7-16(5)9-17/h14-16H,6-13,18H2,1-5H3. The third-order valence-corrected chi connectivity index (χ3v) is 4.42. The molecule has 1 fully saturated rings. The Kier molecular flexibility index (Phi) is 6.82. The van der Waals surface area contributed by atoms with Crippen LogP contribution in [0, 0.1) is 23.2 Å². The Balaban J connectivity index is 2.67. The summed E-state index contributed by atoms with van der Waals surface area (Å²) in [6.07, 6.45) is 5.43. The second kappa shape index (κ2) is 7.64. The van der Waals surface area contributed by atoms with E-state index in [1.165, 1.54) is 45.3 Å². The summed E-state index contributed by atoms with van der Waals surface area (Å²) >= 11 is 0. The molecule has 1 aliphatic rings. The molecule has 0 heterocycles. The lowest BCUT2D eigenvalue weighted by Crippen LogP contribution is -2.47. The van der Waals surface area contributed by atoms with Gasteiger partial charge in [-0.2, -0.15) is 0 Å². The van der Waals surface area contributed by atoms with E-state index < -0.39 is 0 Å². The quantitative estimate of drug-likeness (QED) is 0.762. The van der Waals surface area contributed by atoms with E-state index in [2.05, 4.69) is 39.5 Å². The molecule has 0 spiro atoms. The summed E-state index contributed by atoms with van der Waals surface area (Å²) in [4.78, 5) is 2.68. The van der Waals surface area contributed by atoms with Gasteiger partial charge in [-0.05, 0) is 42.6 Å². The van der Waals surface area contributed by atoms with E-state index in [0.29, 0.717) is 5.41 Å². The summed E-state index contributed by atoms with van der Waals surface area (Å²) in [6, 6.07) is 0. The van der Waals surface area contributed by atoms with Gasteiger partial charge in [-0.25, -0.2) is 0 Å². The minimum Gasteiger partial charge on any atom is -0.330 e. The minimum absolute atomic E-state index is 0.390. The van der Waals surface area contributed by atoms with Crippen LogP contribution in [0.5, 0.6) is 0 Å². The van der Waals surface area contributed by atoms with E-state index in [4.69, 9.17) is 5.73 Å². The number of rotatable bonds is 7. The monoisotopic (exact) mass is 268 g/mol. The van der Waals surface area contributed by atoms with E-state index >= 15 is 0 Å². The fraction of sp³-hybridized carbons (Fsp3) is 1.00. The highest BCUT2D eigenvalue weighted by Gasteiger charge is 2.35. The number of hydrogen-bond donors (Lipinski definition) is 1. The van der Waals surface area contributed by atoms with Gasteiger partial charge in [0, 0.05) is 19.6 Å². The van der Waals surface area contributed by atoms with Gasteiger partial charge in [-0.15, -0.1) is 0 Å². The molecule has 0 saturated heterocycles. The second-order valence-corrected chi connectivity index (χ2v) is 7.89. The average Bonchev–Trinajstić information content (AvgIpc) is 2.27. The zero-order valence-corrected chi connectivity index (χ0v) is 13.9. The van der Waals surface area contributed by atoms with Crippen LogP contribution in [-0.2, 0) is 0 Å². The fourth-order valence-electron chi connectivity index (χ4n) is 3.87. The molecule has 1 aliphatic carbocycles. The van der Waals surface area contributed by atoms with Crippen LogP contribution in [0.4, 0.5) is 0 Å². The van der Waals surface area contributed by atoms with Gasteiger partial charge in [0.2, 0.25) is 0 Å². The van der Waals surface area contributed by atoms with Crippen LogP contribution in [0.3, 0.4) is 0 Å². The number of nitrogens with zero attached hydrogens (tertiary/aromatic N) is 1. The molecule has 1 rings (SSSR count). The third-order valence-electron chi connectivity index (χ3n) is 4.42. The molecule has 2 heteroatoms. The van der Waals surface area contributed by atoms with Gasteiger partial charge in [0.15, 0.2) is 0 Å². The Bertz CT molecular complexity index is 240. The Morgan fingerprint density at radius 2 is 1.74 bits per heavy atom. The summed E-state index contributed by atoms with van der Waals surface area (Å²) in [6.45, 7) is 16.2. The smallest absolute Gasteiger partial charge is 0.00504 e. The van der Waals surface area contributed by atoms with Gasteiger partial charge in [-0.3, -0.25) is 0 Å². The molecular weight excluding hydrogens is 232 g/mol. The Labute approximate surface area is 121 Å². The molecule has 0 radical (unpaired) electrons. The highest BCUT2D eigenvalue weighted by atomic mass is 15.1. The predicted molar refractivity (Wildman–Crippen MR) is 85.2 cm³/mol. The normalized spacial score (nSPS) is 28.6. The molecule has 2 nitrogen and oxygen atoms in total. The van der Waals surface area contributed by atoms with Crippen LogP contribution in [0.1, 0.15) is 60.3 Å². The Morgan fingerprint density at radius 3 is 2.16 bits per heavy atom. The molecule has 2 N–H and O–H groups in total. The molecule has 2 unspecified atom stereocenters. The fourth-order valence-corrected chi connectivity index (χ4v) is 3.87. The van der Waals surface area contributed by atoms with Crippen LogP contribution in [-0.4, -0.2) is 31.1 Å². The average molecular weight is 268 g/mol. The van der Waals surface area contributed by atoms with Crippen LogP contribution in [0.25, 0.3) is 0 Å². The lowest BCUT2D eigenvalue weighted by molar-refractivity contribution is 0.0755. The van der Waals surface area contributed by atoms with Crippen molar-refractivity contribution in [1.29, 1.82) is 0 Å². The molecular formula is C17H36N2. The summed E-state index contributed by atoms with van der Waals surface area (Å²) in [7, 11) is 0. The third kappa shape index (κ3) is 5.83. The van der Waals surface area contributed by atoms with Crippen LogP contribution in [0.2, 0.25) is 0 Å². The lowest BCUT2D eigenvalue weighted by atomic mass is 9.69. The first kappa shape index (κ1) is 17.0. The molecule has 19 heavy (non-hydrogen) atoms. The highest BCUT2D eigenvalue weighted by Crippen LogP contribution is 2.39. The molecule has 0 aromatic heterocycles. The van der Waals surface area contributed by atoms with Gasteiger partial charge < -0.3 is 10.6 Å². The first-order chi connectivity index (χ1) is 8.87. The minimum atomic E-state index is 0.390. The summed E-state index contributed by atoms with van der Waals surface area (Å²) < 4.78 is 0. The number of nitrogens with two attached hydrogens (primary N) is 1. The molecule has 1 saturated carbocycles. The number of hydrogen-bond acceptors (Lipinski definition) is 2. The van der Waals surface area contributed by atoms with Gasteiger partial charge in [0.1, 0.15) is 0 Å². The van der Waals surface area contributed by atoms with Crippen molar-refractivity contribution in [2.24, 2.45) is 28.9 Å². The van der Waals surface area contributed by atoms with E-state index in [1.54, 1.807) is 0 Å². The molecule has 2 atom stereocenters. The van der Waals surface area contributed by atoms with Gasteiger partial charge in [0.25, 0.3) is 0 Å². The molecule has 0 aliphatic heterocycles. The van der Waals surface area contributed by atoms with E-state index in [9.17, 15) is 0 Å². The zero-order chi connectivity index (χ0) is 14.5. The molecule has 0 bridgehead atoms. The van der Waals surface area contributed by atoms with Crippen molar-refractivity contribution in [2.75, 3.05) is 26.2 Å². The first-order valence-corrected chi connectivity index (χ1v) is 8.29. The van der Waals surface area contributed by atoms with E-state index in [1.807, 2.05) is 0 Å². The molecule has 0 amide bonds. The topological polar surface area (TPSA) is 29.3 Å². The van der Waals surface area contributed by atoms with Crippen molar-refractivity contribution in [3.05, 3.63) is 0 Å². The zero-order valence-electron chi connectivity index (χ0n) is 13.9. The summed E-state index contributed by atoms with van der Waals surface area (Å²) in [5.41, 5.74) is 6.57. The van der Waals surface area contributed by atoms with Crippen molar-refractivity contribution < 1.29 is 0 Å². The predicted octanol–water partition coefficient (Wildman–Crippen LogP) is 3.76. The molecule has 0 aromatic carbocycles. The van der Waals surface area contributed by atoms with Gasteiger partial charge in [-0.1, -0.05) is 47.5 Å². The summed E-state index contributed by atoms with van der Waals surface area (Å²) in [5, 5.41) is 0. The van der Waals surface area contributed by atoms with Crippen molar-refractivity contribution in [2.45, 2.75) is 60.3 Å². The second-order valence-electron chi connectivity index (χ2n) is 7.89. The Morgan fingerprint density at radius 1 is 1.16 bits per heavy atom. The van der Waals surface area contributed by atoms with Gasteiger partial charge >= 0.3 is 0 Å². The molecule has 114 valence electrons. The van der Waals surface area contributed by atoms with E-state index in [0.717, 1.165) is 24.3 Å².